The number of hydrazine groups is 1. The first-order valence-corrected chi connectivity index (χ1v) is 6.17. The highest BCUT2D eigenvalue weighted by Crippen LogP contribution is 2.21. The van der Waals surface area contributed by atoms with Crippen LogP contribution in [-0.4, -0.2) is 31.1 Å². The van der Waals surface area contributed by atoms with E-state index in [0.717, 1.165) is 38.6 Å². The van der Waals surface area contributed by atoms with Gasteiger partial charge in [-0.2, -0.15) is 0 Å². The van der Waals surface area contributed by atoms with Gasteiger partial charge in [0.1, 0.15) is 0 Å². The fourth-order valence-electron chi connectivity index (χ4n) is 2.11. The molecule has 0 spiro atoms. The molecule has 0 radical (unpaired) electrons. The van der Waals surface area contributed by atoms with Crippen molar-refractivity contribution in [2.24, 2.45) is 10.8 Å². The lowest BCUT2D eigenvalue weighted by molar-refractivity contribution is 0.197. The summed E-state index contributed by atoms with van der Waals surface area (Å²) in [6.07, 6.45) is 0.905. The molecular weight excluding hydrogens is 228 g/mol. The van der Waals surface area contributed by atoms with Gasteiger partial charge in [-0.05, 0) is 17.5 Å². The molecule has 0 atom stereocenters. The predicted molar refractivity (Wildman–Crippen MR) is 71.8 cm³/mol. The zero-order valence-electron chi connectivity index (χ0n) is 10.7. The topological polar surface area (TPSA) is 62.9 Å². The second kappa shape index (κ2) is 6.37. The van der Waals surface area contributed by atoms with E-state index in [9.17, 15) is 0 Å². The molecule has 1 heterocycles. The summed E-state index contributed by atoms with van der Waals surface area (Å²) in [5.41, 5.74) is 5.38. The fourth-order valence-corrected chi connectivity index (χ4v) is 2.11. The Morgan fingerprint density at radius 1 is 1.39 bits per heavy atom. The lowest BCUT2D eigenvalue weighted by Gasteiger charge is -2.19. The second-order valence-corrected chi connectivity index (χ2v) is 4.32. The molecule has 0 saturated heterocycles. The minimum Gasteiger partial charge on any atom is -0.385 e. The van der Waals surface area contributed by atoms with E-state index < -0.39 is 0 Å². The van der Waals surface area contributed by atoms with Gasteiger partial charge in [0, 0.05) is 33.4 Å². The molecule has 1 aliphatic heterocycles. The minimum absolute atomic E-state index is 0.722. The number of rotatable bonds is 4. The molecule has 0 amide bonds. The maximum absolute atomic E-state index is 5.55. The summed E-state index contributed by atoms with van der Waals surface area (Å²) >= 11 is 0. The average Bonchev–Trinajstić information content (AvgIpc) is 2.82. The maximum atomic E-state index is 5.55. The predicted octanol–water partition coefficient (Wildman–Crippen LogP) is 0.858. The van der Waals surface area contributed by atoms with Crippen LogP contribution in [0, 0.1) is 0 Å². The number of methoxy groups -OCH3 is 1. The van der Waals surface area contributed by atoms with Gasteiger partial charge >= 0.3 is 0 Å². The Morgan fingerprint density at radius 3 is 2.61 bits per heavy atom. The summed E-state index contributed by atoms with van der Waals surface area (Å²) in [6.45, 7) is 3.18. The number of nitrogens with zero attached hydrogens (tertiary/aromatic N) is 2. The lowest BCUT2D eigenvalue weighted by atomic mass is 10.1. The van der Waals surface area contributed by atoms with Crippen LogP contribution in [0.15, 0.2) is 29.3 Å². The number of nitrogens with one attached hydrogen (secondary N) is 1. The van der Waals surface area contributed by atoms with Crippen molar-refractivity contribution >= 4 is 5.96 Å². The number of nitrogens with two attached hydrogens (primary N) is 1. The van der Waals surface area contributed by atoms with Crippen molar-refractivity contribution in [1.82, 2.24) is 10.3 Å². The minimum atomic E-state index is 0.722. The van der Waals surface area contributed by atoms with Gasteiger partial charge < -0.3 is 9.64 Å². The average molecular weight is 248 g/mol. The van der Waals surface area contributed by atoms with Crippen molar-refractivity contribution in [2.45, 2.75) is 19.5 Å². The molecule has 5 nitrogen and oxygen atoms in total. The largest absolute Gasteiger partial charge is 0.385 e. The zero-order chi connectivity index (χ0) is 12.8. The Kier molecular flexibility index (Phi) is 4.55. The first-order chi connectivity index (χ1) is 8.85. The van der Waals surface area contributed by atoms with Gasteiger partial charge in [0.15, 0.2) is 0 Å². The van der Waals surface area contributed by atoms with Crippen LogP contribution in [-0.2, 0) is 17.8 Å². The fraction of sp³-hybridized carbons (Fsp3) is 0.462. The van der Waals surface area contributed by atoms with Crippen molar-refractivity contribution in [1.29, 1.82) is 0 Å². The number of hydrogen-bond donors (Lipinski definition) is 2. The standard InChI is InChI=1S/C13H20N4O/c1-18-8-4-7-15-13(16-14)17-9-11-5-2-3-6-12(11)10-17/h2-3,5-6H,4,7-10,14H2,1H3,(H,15,16). The van der Waals surface area contributed by atoms with Crippen LogP contribution in [0.2, 0.25) is 0 Å². The van der Waals surface area contributed by atoms with Crippen molar-refractivity contribution in [3.63, 3.8) is 0 Å². The van der Waals surface area contributed by atoms with Crippen LogP contribution < -0.4 is 11.3 Å². The van der Waals surface area contributed by atoms with E-state index in [4.69, 9.17) is 10.6 Å². The van der Waals surface area contributed by atoms with Crippen LogP contribution in [0.5, 0.6) is 0 Å². The molecular formula is C13H20N4O. The molecule has 98 valence electrons. The number of guanidine groups is 1. The summed E-state index contributed by atoms with van der Waals surface area (Å²) in [7, 11) is 1.70. The first kappa shape index (κ1) is 12.9. The molecule has 0 bridgehead atoms. The molecule has 3 N–H and O–H groups in total. The van der Waals surface area contributed by atoms with Gasteiger partial charge in [0.25, 0.3) is 0 Å². The summed E-state index contributed by atoms with van der Waals surface area (Å²) in [4.78, 5) is 6.62. The van der Waals surface area contributed by atoms with Crippen LogP contribution in [0.4, 0.5) is 0 Å². The quantitative estimate of drug-likeness (QED) is 0.273. The highest BCUT2D eigenvalue weighted by atomic mass is 16.5. The molecule has 1 aromatic rings. The van der Waals surface area contributed by atoms with Gasteiger partial charge in [-0.25, -0.2) is 5.84 Å². The molecule has 18 heavy (non-hydrogen) atoms. The molecule has 0 unspecified atom stereocenters. The van der Waals surface area contributed by atoms with Crippen molar-refractivity contribution in [2.75, 3.05) is 20.3 Å². The zero-order valence-corrected chi connectivity index (χ0v) is 10.7. The summed E-state index contributed by atoms with van der Waals surface area (Å²) in [6, 6.07) is 8.42. The number of benzene rings is 1. The second-order valence-electron chi connectivity index (χ2n) is 4.32. The Hall–Kier alpha value is -1.59. The van der Waals surface area contributed by atoms with Crippen LogP contribution in [0.25, 0.3) is 0 Å². The molecule has 0 aliphatic carbocycles. The van der Waals surface area contributed by atoms with Gasteiger partial charge in [0.05, 0.1) is 0 Å². The highest BCUT2D eigenvalue weighted by Gasteiger charge is 2.20. The molecule has 1 aromatic carbocycles. The Morgan fingerprint density at radius 2 is 2.06 bits per heavy atom. The van der Waals surface area contributed by atoms with Gasteiger partial charge in [-0.15, -0.1) is 0 Å². The number of aliphatic imine (C=N–C) groups is 1. The number of fused-ring (bicyclic) bond motifs is 1. The molecule has 0 saturated carbocycles. The Balaban J connectivity index is 1.95. The van der Waals surface area contributed by atoms with E-state index in [1.54, 1.807) is 7.11 Å². The smallest absolute Gasteiger partial charge is 0.209 e. The third kappa shape index (κ3) is 3.00. The van der Waals surface area contributed by atoms with Crippen molar-refractivity contribution < 1.29 is 4.74 Å². The van der Waals surface area contributed by atoms with Crippen molar-refractivity contribution in [3.8, 4) is 0 Å². The summed E-state index contributed by atoms with van der Waals surface area (Å²) < 4.78 is 5.00. The normalized spacial score (nSPS) is 14.8. The summed E-state index contributed by atoms with van der Waals surface area (Å²) in [5, 5.41) is 0. The molecule has 0 fully saturated rings. The number of ether oxygens (including phenoxy) is 1. The monoisotopic (exact) mass is 248 g/mol. The molecule has 1 aliphatic rings. The first-order valence-electron chi connectivity index (χ1n) is 6.17. The van der Waals surface area contributed by atoms with Gasteiger partial charge in [-0.3, -0.25) is 10.4 Å². The molecule has 5 heteroatoms. The SMILES string of the molecule is COCCCN=C(NN)N1Cc2ccccc2C1. The van der Waals surface area contributed by atoms with Gasteiger partial charge in [-0.1, -0.05) is 24.3 Å². The third-order valence-corrected chi connectivity index (χ3v) is 3.04. The lowest BCUT2D eigenvalue weighted by Crippen LogP contribution is -2.42. The van der Waals surface area contributed by atoms with Crippen LogP contribution in [0.3, 0.4) is 0 Å². The van der Waals surface area contributed by atoms with E-state index in [2.05, 4.69) is 39.6 Å². The molecule has 0 aromatic heterocycles. The van der Waals surface area contributed by atoms with E-state index in [-0.39, 0.29) is 0 Å². The van der Waals surface area contributed by atoms with E-state index in [0.29, 0.717) is 0 Å². The Bertz CT molecular complexity index is 394. The molecule has 2 rings (SSSR count). The Labute approximate surface area is 108 Å². The maximum Gasteiger partial charge on any atom is 0.209 e. The van der Waals surface area contributed by atoms with Crippen molar-refractivity contribution in [3.05, 3.63) is 35.4 Å². The summed E-state index contributed by atoms with van der Waals surface area (Å²) in [5.74, 6) is 6.30. The van der Waals surface area contributed by atoms with E-state index in [1.807, 2.05) is 0 Å². The van der Waals surface area contributed by atoms with E-state index >= 15 is 0 Å². The number of hydrogen-bond acceptors (Lipinski definition) is 3. The van der Waals surface area contributed by atoms with E-state index in [1.165, 1.54) is 11.1 Å². The third-order valence-electron chi connectivity index (χ3n) is 3.04. The van der Waals surface area contributed by atoms with Crippen LogP contribution in [0.1, 0.15) is 17.5 Å². The highest BCUT2D eigenvalue weighted by molar-refractivity contribution is 5.80. The van der Waals surface area contributed by atoms with Gasteiger partial charge in [0.2, 0.25) is 5.96 Å². The van der Waals surface area contributed by atoms with Crippen LogP contribution >= 0.6 is 0 Å².